The van der Waals surface area contributed by atoms with Gasteiger partial charge in [-0.2, -0.15) is 0 Å². The normalized spacial score (nSPS) is 20.5. The van der Waals surface area contributed by atoms with Crippen molar-refractivity contribution in [3.63, 3.8) is 0 Å². The molecule has 1 fully saturated rings. The van der Waals surface area contributed by atoms with Crippen molar-refractivity contribution in [2.45, 2.75) is 24.7 Å². The lowest BCUT2D eigenvalue weighted by molar-refractivity contribution is 0.257. The van der Waals surface area contributed by atoms with Gasteiger partial charge in [-0.25, -0.2) is 0 Å². The first-order chi connectivity index (χ1) is 5.78. The molecule has 1 aromatic heterocycles. The van der Waals surface area contributed by atoms with Crippen LogP contribution in [-0.2, 0) is 5.41 Å². The maximum atomic E-state index is 5.81. The Labute approximate surface area is 85.1 Å². The van der Waals surface area contributed by atoms with Gasteiger partial charge in [-0.15, -0.1) is 11.3 Å². The molecule has 1 saturated carbocycles. The highest BCUT2D eigenvalue weighted by Gasteiger charge is 2.39. The van der Waals surface area contributed by atoms with Crippen LogP contribution >= 0.6 is 27.3 Å². The monoisotopic (exact) mass is 245 g/mol. The summed E-state index contributed by atoms with van der Waals surface area (Å²) in [4.78, 5) is 1.45. The lowest BCUT2D eigenvalue weighted by atomic mass is 9.68. The molecule has 3 heteroatoms. The number of hydrogen-bond acceptors (Lipinski definition) is 2. The van der Waals surface area contributed by atoms with Gasteiger partial charge >= 0.3 is 0 Å². The van der Waals surface area contributed by atoms with Crippen molar-refractivity contribution in [3.05, 3.63) is 20.8 Å². The van der Waals surface area contributed by atoms with Crippen LogP contribution in [0.5, 0.6) is 0 Å². The fraction of sp³-hybridized carbons (Fsp3) is 0.556. The third-order valence-corrected chi connectivity index (χ3v) is 4.88. The number of nitrogens with two attached hydrogens (primary N) is 1. The van der Waals surface area contributed by atoms with Crippen molar-refractivity contribution in [1.29, 1.82) is 0 Å². The van der Waals surface area contributed by atoms with Gasteiger partial charge in [0.15, 0.2) is 0 Å². The number of thiophene rings is 1. The summed E-state index contributed by atoms with van der Waals surface area (Å²) in [5, 5.41) is 2.13. The van der Waals surface area contributed by atoms with E-state index in [-0.39, 0.29) is 0 Å². The summed E-state index contributed by atoms with van der Waals surface area (Å²) >= 11 is 5.40. The molecule has 66 valence electrons. The molecule has 0 amide bonds. The van der Waals surface area contributed by atoms with Crippen LogP contribution in [0.1, 0.15) is 24.1 Å². The Balaban J connectivity index is 2.33. The summed E-state index contributed by atoms with van der Waals surface area (Å²) in [7, 11) is 0. The predicted octanol–water partition coefficient (Wildman–Crippen LogP) is 2.89. The summed E-state index contributed by atoms with van der Waals surface area (Å²) in [6, 6.07) is 2.12. The number of halogens is 1. The average molecular weight is 246 g/mol. The Bertz CT molecular complexity index is 272. The maximum absolute atomic E-state index is 5.81. The SMILES string of the molecule is NCC1(c2sccc2Br)CCC1. The molecule has 1 aliphatic carbocycles. The fourth-order valence-corrected chi connectivity index (χ4v) is 3.87. The Morgan fingerprint density at radius 1 is 1.58 bits per heavy atom. The smallest absolute Gasteiger partial charge is 0.0320 e. The first kappa shape index (κ1) is 8.73. The molecule has 0 aliphatic heterocycles. The van der Waals surface area contributed by atoms with Crippen molar-refractivity contribution >= 4 is 27.3 Å². The lowest BCUT2D eigenvalue weighted by Gasteiger charge is -2.40. The van der Waals surface area contributed by atoms with E-state index in [0.717, 1.165) is 6.54 Å². The Kier molecular flexibility index (Phi) is 2.27. The van der Waals surface area contributed by atoms with Crippen LogP contribution in [0.2, 0.25) is 0 Å². The highest BCUT2D eigenvalue weighted by Crippen LogP contribution is 2.47. The predicted molar refractivity (Wildman–Crippen MR) is 56.6 cm³/mol. The average Bonchev–Trinajstić information content (AvgIpc) is 2.36. The third kappa shape index (κ3) is 1.15. The molecular formula is C9H12BrNS. The van der Waals surface area contributed by atoms with E-state index < -0.39 is 0 Å². The second kappa shape index (κ2) is 3.13. The van der Waals surface area contributed by atoms with Crippen LogP contribution in [-0.4, -0.2) is 6.54 Å². The zero-order chi connectivity index (χ0) is 8.60. The molecule has 0 saturated heterocycles. The largest absolute Gasteiger partial charge is 0.330 e. The summed E-state index contributed by atoms with van der Waals surface area (Å²) in [5.74, 6) is 0. The highest BCUT2D eigenvalue weighted by molar-refractivity contribution is 9.10. The van der Waals surface area contributed by atoms with Crippen LogP contribution in [0.25, 0.3) is 0 Å². The Morgan fingerprint density at radius 3 is 2.67 bits per heavy atom. The van der Waals surface area contributed by atoms with Crippen LogP contribution in [0.3, 0.4) is 0 Å². The van der Waals surface area contributed by atoms with E-state index >= 15 is 0 Å². The van der Waals surface area contributed by atoms with Gasteiger partial charge in [0.2, 0.25) is 0 Å². The van der Waals surface area contributed by atoms with Crippen LogP contribution in [0.4, 0.5) is 0 Å². The fourth-order valence-electron chi connectivity index (χ4n) is 1.80. The Morgan fingerprint density at radius 2 is 2.33 bits per heavy atom. The van der Waals surface area contributed by atoms with Crippen molar-refractivity contribution < 1.29 is 0 Å². The number of rotatable bonds is 2. The summed E-state index contributed by atoms with van der Waals surface area (Å²) in [5.41, 5.74) is 6.14. The summed E-state index contributed by atoms with van der Waals surface area (Å²) in [6.07, 6.45) is 3.87. The van der Waals surface area contributed by atoms with Crippen LogP contribution in [0.15, 0.2) is 15.9 Å². The van der Waals surface area contributed by atoms with E-state index in [9.17, 15) is 0 Å². The first-order valence-corrected chi connectivity index (χ1v) is 5.89. The van der Waals surface area contributed by atoms with E-state index in [1.54, 1.807) is 0 Å². The molecule has 1 aromatic rings. The molecule has 0 bridgehead atoms. The molecule has 1 aliphatic rings. The molecular weight excluding hydrogens is 234 g/mol. The molecule has 2 rings (SSSR count). The Hall–Kier alpha value is 0.140. The molecule has 1 heterocycles. The standard InChI is InChI=1S/C9H12BrNS/c10-7-2-5-12-8(7)9(6-11)3-1-4-9/h2,5H,1,3-4,6,11H2. The van der Waals surface area contributed by atoms with E-state index in [4.69, 9.17) is 5.73 Å². The van der Waals surface area contributed by atoms with Gasteiger partial charge in [0.25, 0.3) is 0 Å². The van der Waals surface area contributed by atoms with Crippen molar-refractivity contribution in [2.24, 2.45) is 5.73 Å². The van der Waals surface area contributed by atoms with E-state index in [1.807, 2.05) is 11.3 Å². The topological polar surface area (TPSA) is 26.0 Å². The van der Waals surface area contributed by atoms with Crippen LogP contribution < -0.4 is 5.73 Å². The van der Waals surface area contributed by atoms with E-state index in [1.165, 1.54) is 28.6 Å². The summed E-state index contributed by atoms with van der Waals surface area (Å²) in [6.45, 7) is 0.798. The summed E-state index contributed by atoms with van der Waals surface area (Å²) < 4.78 is 1.25. The minimum absolute atomic E-state index is 0.326. The second-order valence-corrected chi connectivity index (χ2v) is 5.21. The second-order valence-electron chi connectivity index (χ2n) is 3.44. The van der Waals surface area contributed by atoms with Gasteiger partial charge in [-0.05, 0) is 40.2 Å². The minimum atomic E-state index is 0.326. The van der Waals surface area contributed by atoms with Crippen molar-refractivity contribution in [3.8, 4) is 0 Å². The maximum Gasteiger partial charge on any atom is 0.0320 e. The third-order valence-electron chi connectivity index (χ3n) is 2.80. The van der Waals surface area contributed by atoms with E-state index in [0.29, 0.717) is 5.41 Å². The quantitative estimate of drug-likeness (QED) is 0.853. The lowest BCUT2D eigenvalue weighted by Crippen LogP contribution is -2.41. The van der Waals surface area contributed by atoms with Gasteiger partial charge < -0.3 is 5.73 Å². The highest BCUT2D eigenvalue weighted by atomic mass is 79.9. The molecule has 0 spiro atoms. The van der Waals surface area contributed by atoms with Crippen molar-refractivity contribution in [1.82, 2.24) is 0 Å². The van der Waals surface area contributed by atoms with E-state index in [2.05, 4.69) is 27.4 Å². The molecule has 0 radical (unpaired) electrons. The molecule has 0 unspecified atom stereocenters. The first-order valence-electron chi connectivity index (χ1n) is 4.22. The zero-order valence-corrected chi connectivity index (χ0v) is 9.25. The molecule has 2 N–H and O–H groups in total. The van der Waals surface area contributed by atoms with Gasteiger partial charge in [0, 0.05) is 21.3 Å². The molecule has 1 nitrogen and oxygen atoms in total. The van der Waals surface area contributed by atoms with Gasteiger partial charge in [-0.3, -0.25) is 0 Å². The van der Waals surface area contributed by atoms with Gasteiger partial charge in [0.05, 0.1) is 0 Å². The zero-order valence-electron chi connectivity index (χ0n) is 6.85. The van der Waals surface area contributed by atoms with Crippen LogP contribution in [0, 0.1) is 0 Å². The van der Waals surface area contributed by atoms with Gasteiger partial charge in [-0.1, -0.05) is 6.42 Å². The number of hydrogen-bond donors (Lipinski definition) is 1. The molecule has 0 atom stereocenters. The van der Waals surface area contributed by atoms with Gasteiger partial charge in [0.1, 0.15) is 0 Å². The minimum Gasteiger partial charge on any atom is -0.330 e. The molecule has 12 heavy (non-hydrogen) atoms. The molecule has 0 aromatic carbocycles. The van der Waals surface area contributed by atoms with Crippen molar-refractivity contribution in [2.75, 3.05) is 6.54 Å².